The number of para-hydroxylation sites is 1. The average Bonchev–Trinajstić information content (AvgIpc) is 3.00. The lowest BCUT2D eigenvalue weighted by molar-refractivity contribution is -0.135. The van der Waals surface area contributed by atoms with Gasteiger partial charge >= 0.3 is 5.97 Å². The lowest BCUT2D eigenvalue weighted by Gasteiger charge is -2.15. The summed E-state index contributed by atoms with van der Waals surface area (Å²) in [5.41, 5.74) is 3.98. The Labute approximate surface area is 162 Å². The molecule has 1 amide bonds. The highest BCUT2D eigenvalue weighted by atomic mass is 16.4. The first kappa shape index (κ1) is 19.2. The molecule has 0 bridgehead atoms. The van der Waals surface area contributed by atoms with Gasteiger partial charge in [-0.3, -0.25) is 9.59 Å². The van der Waals surface area contributed by atoms with E-state index < -0.39 is 5.97 Å². The summed E-state index contributed by atoms with van der Waals surface area (Å²) in [6.07, 6.45) is 4.78. The second-order valence-corrected chi connectivity index (χ2v) is 6.53. The normalized spacial score (nSPS) is 11.1. The summed E-state index contributed by atoms with van der Waals surface area (Å²) in [6.45, 7) is 2.32. The fraction of sp³-hybridized carbons (Fsp3) is 0.190. The number of benzene rings is 1. The van der Waals surface area contributed by atoms with Crippen LogP contribution in [0.5, 0.6) is 0 Å². The third-order valence-electron chi connectivity index (χ3n) is 4.42. The molecule has 28 heavy (non-hydrogen) atoms. The zero-order valence-corrected chi connectivity index (χ0v) is 15.8. The van der Waals surface area contributed by atoms with Crippen molar-refractivity contribution >= 4 is 34.7 Å². The molecule has 2 aromatic heterocycles. The van der Waals surface area contributed by atoms with Gasteiger partial charge in [0.1, 0.15) is 12.4 Å². The lowest BCUT2D eigenvalue weighted by Crippen LogP contribution is -2.24. The van der Waals surface area contributed by atoms with Crippen molar-refractivity contribution in [2.24, 2.45) is 0 Å². The number of H-pyrrole nitrogens is 1. The molecule has 0 saturated carbocycles. The Morgan fingerprint density at radius 1 is 1.25 bits per heavy atom. The van der Waals surface area contributed by atoms with Gasteiger partial charge in [0.05, 0.1) is 0 Å². The second kappa shape index (κ2) is 8.39. The summed E-state index contributed by atoms with van der Waals surface area (Å²) >= 11 is 0. The molecule has 3 N–H and O–H groups in total. The van der Waals surface area contributed by atoms with Crippen molar-refractivity contribution in [3.8, 4) is 0 Å². The van der Waals surface area contributed by atoms with Gasteiger partial charge in [-0.2, -0.15) is 0 Å². The van der Waals surface area contributed by atoms with Crippen LogP contribution < -0.4 is 5.32 Å². The summed E-state index contributed by atoms with van der Waals surface area (Å²) in [5, 5.41) is 12.5. The fourth-order valence-corrected chi connectivity index (χ4v) is 2.92. The molecule has 1 aromatic carbocycles. The van der Waals surface area contributed by atoms with Gasteiger partial charge in [0.15, 0.2) is 0 Å². The summed E-state index contributed by atoms with van der Waals surface area (Å²) in [4.78, 5) is 32.1. The van der Waals surface area contributed by atoms with Gasteiger partial charge in [-0.15, -0.1) is 0 Å². The molecule has 7 nitrogen and oxygen atoms in total. The van der Waals surface area contributed by atoms with E-state index in [2.05, 4.69) is 15.3 Å². The molecule has 3 aromatic rings. The van der Waals surface area contributed by atoms with Crippen molar-refractivity contribution in [1.29, 1.82) is 0 Å². The maximum atomic E-state index is 12.5. The van der Waals surface area contributed by atoms with Crippen LogP contribution in [-0.4, -0.2) is 45.4 Å². The van der Waals surface area contributed by atoms with E-state index in [9.17, 15) is 9.59 Å². The second-order valence-electron chi connectivity index (χ2n) is 6.53. The van der Waals surface area contributed by atoms with Crippen molar-refractivity contribution in [3.05, 3.63) is 65.5 Å². The molecule has 0 aliphatic heterocycles. The Bertz CT molecular complexity index is 1020. The number of amides is 1. The molecule has 144 valence electrons. The van der Waals surface area contributed by atoms with Crippen LogP contribution in [0.15, 0.2) is 48.7 Å². The van der Waals surface area contributed by atoms with Crippen LogP contribution in [0.3, 0.4) is 0 Å². The van der Waals surface area contributed by atoms with Gasteiger partial charge in [0, 0.05) is 42.5 Å². The molecule has 7 heteroatoms. The molecule has 2 heterocycles. The highest BCUT2D eigenvalue weighted by Crippen LogP contribution is 2.23. The Kier molecular flexibility index (Phi) is 5.74. The van der Waals surface area contributed by atoms with Crippen molar-refractivity contribution in [2.45, 2.75) is 13.5 Å². The molecule has 0 atom stereocenters. The number of rotatable bonds is 7. The molecule has 3 rings (SSSR count). The maximum Gasteiger partial charge on any atom is 0.322 e. The number of pyridine rings is 1. The Morgan fingerprint density at radius 2 is 2.04 bits per heavy atom. The third kappa shape index (κ3) is 4.56. The standard InChI is InChI=1S/C21H22N4O3/c1-14-17(16-5-3-4-6-18(16)24-14)13-25(2)20(26)10-8-15-7-9-19(22-11-15)23-12-21(27)28/h3-11,24H,12-13H2,1-2H3,(H,22,23)(H,27,28). The molecule has 0 radical (unpaired) electrons. The topological polar surface area (TPSA) is 98.3 Å². The quantitative estimate of drug-likeness (QED) is 0.549. The van der Waals surface area contributed by atoms with Gasteiger partial charge in [-0.1, -0.05) is 18.2 Å². The van der Waals surface area contributed by atoms with Crippen LogP contribution in [0, 0.1) is 6.92 Å². The number of fused-ring (bicyclic) bond motifs is 1. The fourth-order valence-electron chi connectivity index (χ4n) is 2.92. The first-order chi connectivity index (χ1) is 13.4. The van der Waals surface area contributed by atoms with E-state index in [1.165, 1.54) is 6.08 Å². The molecule has 0 spiro atoms. The summed E-state index contributed by atoms with van der Waals surface area (Å²) in [7, 11) is 1.77. The summed E-state index contributed by atoms with van der Waals surface area (Å²) < 4.78 is 0. The van der Waals surface area contributed by atoms with E-state index in [1.807, 2.05) is 31.2 Å². The first-order valence-corrected chi connectivity index (χ1v) is 8.85. The molecular weight excluding hydrogens is 356 g/mol. The number of aromatic amines is 1. The number of aliphatic carboxylic acids is 1. The molecule has 0 aliphatic rings. The number of carboxylic acid groups (broad SMARTS) is 1. The van der Waals surface area contributed by atoms with Gasteiger partial charge in [0.25, 0.3) is 0 Å². The number of hydrogen-bond acceptors (Lipinski definition) is 4. The minimum Gasteiger partial charge on any atom is -0.480 e. The van der Waals surface area contributed by atoms with Gasteiger partial charge in [-0.05, 0) is 42.3 Å². The third-order valence-corrected chi connectivity index (χ3v) is 4.42. The van der Waals surface area contributed by atoms with E-state index in [0.717, 1.165) is 27.7 Å². The smallest absolute Gasteiger partial charge is 0.322 e. The van der Waals surface area contributed by atoms with Crippen LogP contribution >= 0.6 is 0 Å². The average molecular weight is 378 g/mol. The van der Waals surface area contributed by atoms with Crippen LogP contribution in [-0.2, 0) is 16.1 Å². The van der Waals surface area contributed by atoms with Crippen molar-refractivity contribution < 1.29 is 14.7 Å². The van der Waals surface area contributed by atoms with Gasteiger partial charge in [-0.25, -0.2) is 4.98 Å². The number of carboxylic acids is 1. The predicted molar refractivity (Wildman–Crippen MR) is 109 cm³/mol. The van der Waals surface area contributed by atoms with E-state index in [-0.39, 0.29) is 12.5 Å². The summed E-state index contributed by atoms with van der Waals surface area (Å²) in [5.74, 6) is -0.597. The van der Waals surface area contributed by atoms with E-state index in [4.69, 9.17) is 5.11 Å². The molecular formula is C21H22N4O3. The van der Waals surface area contributed by atoms with E-state index in [0.29, 0.717) is 12.4 Å². The van der Waals surface area contributed by atoms with Crippen molar-refractivity contribution in [3.63, 3.8) is 0 Å². The largest absolute Gasteiger partial charge is 0.480 e. The number of aryl methyl sites for hydroxylation is 1. The number of anilines is 1. The zero-order chi connectivity index (χ0) is 20.1. The van der Waals surface area contributed by atoms with Crippen LogP contribution in [0.1, 0.15) is 16.8 Å². The molecule has 0 aliphatic carbocycles. The zero-order valence-electron chi connectivity index (χ0n) is 15.8. The van der Waals surface area contributed by atoms with Crippen molar-refractivity contribution in [1.82, 2.24) is 14.9 Å². The van der Waals surface area contributed by atoms with Crippen LogP contribution in [0.25, 0.3) is 17.0 Å². The van der Waals surface area contributed by atoms with Crippen LogP contribution in [0.4, 0.5) is 5.82 Å². The predicted octanol–water partition coefficient (Wildman–Crippen LogP) is 3.04. The van der Waals surface area contributed by atoms with E-state index in [1.54, 1.807) is 36.4 Å². The molecule has 0 fully saturated rings. The van der Waals surface area contributed by atoms with Gasteiger partial charge in [0.2, 0.25) is 5.91 Å². The minimum atomic E-state index is -0.954. The first-order valence-electron chi connectivity index (χ1n) is 8.85. The number of aromatic nitrogens is 2. The van der Waals surface area contributed by atoms with Crippen molar-refractivity contribution in [2.75, 3.05) is 18.9 Å². The Morgan fingerprint density at radius 3 is 2.75 bits per heavy atom. The number of carbonyl (C=O) groups is 2. The highest BCUT2D eigenvalue weighted by molar-refractivity contribution is 5.92. The Hall–Kier alpha value is -3.61. The number of carbonyl (C=O) groups excluding carboxylic acids is 1. The number of hydrogen-bond donors (Lipinski definition) is 3. The number of likely N-dealkylation sites (N-methyl/N-ethyl adjacent to an activating group) is 1. The van der Waals surface area contributed by atoms with E-state index >= 15 is 0 Å². The lowest BCUT2D eigenvalue weighted by atomic mass is 10.1. The number of nitrogens with one attached hydrogen (secondary N) is 2. The minimum absolute atomic E-state index is 0.113. The summed E-state index contributed by atoms with van der Waals surface area (Å²) in [6, 6.07) is 11.5. The SMILES string of the molecule is Cc1[nH]c2ccccc2c1CN(C)C(=O)C=Cc1ccc(NCC(=O)O)nc1. The van der Waals surface area contributed by atoms with Crippen LogP contribution in [0.2, 0.25) is 0 Å². The number of nitrogens with zero attached hydrogens (tertiary/aromatic N) is 2. The highest BCUT2D eigenvalue weighted by Gasteiger charge is 2.12. The molecule has 0 saturated heterocycles. The van der Waals surface area contributed by atoms with Gasteiger partial charge < -0.3 is 20.3 Å². The Balaban J connectivity index is 1.63. The monoisotopic (exact) mass is 378 g/mol. The maximum absolute atomic E-state index is 12.5. The molecule has 0 unspecified atom stereocenters.